The van der Waals surface area contributed by atoms with E-state index < -0.39 is 0 Å². The van der Waals surface area contributed by atoms with Crippen LogP contribution in [0, 0.1) is 5.82 Å². The van der Waals surface area contributed by atoms with E-state index in [2.05, 4.69) is 20.9 Å². The standard InChI is InChI=1S/C12H9BrFNO2/c13-10-5-9(1-2-11(10)14)17-12-3-4-15-6-8(12)7-16/h1-6,16H,7H2. The lowest BCUT2D eigenvalue weighted by molar-refractivity contribution is 0.276. The third-order valence-corrected chi connectivity index (χ3v) is 2.76. The highest BCUT2D eigenvalue weighted by atomic mass is 79.9. The van der Waals surface area contributed by atoms with Gasteiger partial charge in [0.25, 0.3) is 0 Å². The van der Waals surface area contributed by atoms with Crippen molar-refractivity contribution in [3.05, 3.63) is 52.5 Å². The second-order valence-electron chi connectivity index (χ2n) is 3.32. The van der Waals surface area contributed by atoms with Gasteiger partial charge in [-0.3, -0.25) is 4.98 Å². The van der Waals surface area contributed by atoms with Gasteiger partial charge >= 0.3 is 0 Å². The Morgan fingerprint density at radius 1 is 1.35 bits per heavy atom. The Morgan fingerprint density at radius 3 is 2.88 bits per heavy atom. The molecule has 3 nitrogen and oxygen atoms in total. The van der Waals surface area contributed by atoms with Crippen LogP contribution in [0.4, 0.5) is 4.39 Å². The zero-order valence-corrected chi connectivity index (χ0v) is 10.3. The molecule has 1 aromatic carbocycles. The fourth-order valence-electron chi connectivity index (χ4n) is 1.30. The van der Waals surface area contributed by atoms with Crippen LogP contribution in [0.5, 0.6) is 11.5 Å². The molecule has 2 rings (SSSR count). The molecule has 5 heteroatoms. The molecule has 2 aromatic rings. The Hall–Kier alpha value is -1.46. The van der Waals surface area contributed by atoms with E-state index in [0.29, 0.717) is 21.5 Å². The molecule has 0 aliphatic rings. The van der Waals surface area contributed by atoms with Crippen molar-refractivity contribution in [2.24, 2.45) is 0 Å². The third-order valence-electron chi connectivity index (χ3n) is 2.15. The molecule has 0 aliphatic carbocycles. The van der Waals surface area contributed by atoms with Crippen LogP contribution in [-0.2, 0) is 6.61 Å². The monoisotopic (exact) mass is 297 g/mol. The molecule has 0 atom stereocenters. The van der Waals surface area contributed by atoms with Crippen molar-refractivity contribution in [1.82, 2.24) is 4.98 Å². The lowest BCUT2D eigenvalue weighted by Crippen LogP contribution is -1.93. The summed E-state index contributed by atoms with van der Waals surface area (Å²) in [5.41, 5.74) is 0.577. The quantitative estimate of drug-likeness (QED) is 0.945. The molecule has 17 heavy (non-hydrogen) atoms. The molecule has 0 saturated heterocycles. The van der Waals surface area contributed by atoms with Crippen molar-refractivity contribution in [2.75, 3.05) is 0 Å². The summed E-state index contributed by atoms with van der Waals surface area (Å²) in [5.74, 6) is 0.634. The SMILES string of the molecule is OCc1cnccc1Oc1ccc(F)c(Br)c1. The van der Waals surface area contributed by atoms with E-state index in [1.807, 2.05) is 0 Å². The fraction of sp³-hybridized carbons (Fsp3) is 0.0833. The molecular formula is C12H9BrFNO2. The molecule has 0 fully saturated rings. The molecule has 0 amide bonds. The Labute approximate surface area is 106 Å². The Balaban J connectivity index is 2.28. The van der Waals surface area contributed by atoms with E-state index in [1.165, 1.54) is 24.4 Å². The number of aliphatic hydroxyl groups is 1. The number of nitrogens with zero attached hydrogens (tertiary/aromatic N) is 1. The molecule has 0 unspecified atom stereocenters. The van der Waals surface area contributed by atoms with Crippen molar-refractivity contribution in [2.45, 2.75) is 6.61 Å². The zero-order chi connectivity index (χ0) is 12.3. The first-order chi connectivity index (χ1) is 8.20. The summed E-state index contributed by atoms with van der Waals surface area (Å²) in [6.45, 7) is -0.161. The number of rotatable bonds is 3. The van der Waals surface area contributed by atoms with Gasteiger partial charge in [-0.2, -0.15) is 0 Å². The third kappa shape index (κ3) is 2.81. The number of pyridine rings is 1. The Kier molecular flexibility index (Phi) is 3.71. The van der Waals surface area contributed by atoms with Crippen molar-refractivity contribution < 1.29 is 14.2 Å². The molecule has 88 valence electrons. The average Bonchev–Trinajstić information content (AvgIpc) is 2.34. The van der Waals surface area contributed by atoms with Crippen LogP contribution in [0.1, 0.15) is 5.56 Å². The first kappa shape index (κ1) is 12.0. The van der Waals surface area contributed by atoms with E-state index in [0.717, 1.165) is 0 Å². The lowest BCUT2D eigenvalue weighted by atomic mass is 10.2. The molecule has 0 bridgehead atoms. The number of hydrogen-bond donors (Lipinski definition) is 1. The van der Waals surface area contributed by atoms with Gasteiger partial charge in [-0.25, -0.2) is 4.39 Å². The summed E-state index contributed by atoms with van der Waals surface area (Å²) in [6.07, 6.45) is 3.08. The number of aromatic nitrogens is 1. The van der Waals surface area contributed by atoms with Crippen LogP contribution in [0.2, 0.25) is 0 Å². The minimum atomic E-state index is -0.352. The highest BCUT2D eigenvalue weighted by Crippen LogP contribution is 2.28. The van der Waals surface area contributed by atoms with Gasteiger partial charge in [0.2, 0.25) is 0 Å². The first-order valence-corrected chi connectivity index (χ1v) is 5.66. The minimum absolute atomic E-state index is 0.161. The van der Waals surface area contributed by atoms with Gasteiger partial charge in [-0.1, -0.05) is 0 Å². The van der Waals surface area contributed by atoms with E-state index in [4.69, 9.17) is 9.84 Å². The van der Waals surface area contributed by atoms with Crippen LogP contribution >= 0.6 is 15.9 Å². The van der Waals surface area contributed by atoms with Crippen molar-refractivity contribution in [1.29, 1.82) is 0 Å². The van der Waals surface area contributed by atoms with Crippen molar-refractivity contribution in [3.63, 3.8) is 0 Å². The normalized spacial score (nSPS) is 10.3. The average molecular weight is 298 g/mol. The fourth-order valence-corrected chi connectivity index (χ4v) is 1.66. The van der Waals surface area contributed by atoms with Gasteiger partial charge in [-0.05, 0) is 40.2 Å². The van der Waals surface area contributed by atoms with Gasteiger partial charge in [0.05, 0.1) is 11.1 Å². The molecule has 1 aromatic heterocycles. The molecule has 0 saturated carbocycles. The van der Waals surface area contributed by atoms with Crippen LogP contribution in [0.3, 0.4) is 0 Å². The smallest absolute Gasteiger partial charge is 0.137 e. The Morgan fingerprint density at radius 2 is 2.18 bits per heavy atom. The highest BCUT2D eigenvalue weighted by molar-refractivity contribution is 9.10. The molecular weight excluding hydrogens is 289 g/mol. The summed E-state index contributed by atoms with van der Waals surface area (Å²) >= 11 is 3.08. The van der Waals surface area contributed by atoms with E-state index in [-0.39, 0.29) is 12.4 Å². The lowest BCUT2D eigenvalue weighted by Gasteiger charge is -2.09. The second kappa shape index (κ2) is 5.25. The molecule has 0 spiro atoms. The second-order valence-corrected chi connectivity index (χ2v) is 4.17. The highest BCUT2D eigenvalue weighted by Gasteiger charge is 2.06. The van der Waals surface area contributed by atoms with Gasteiger partial charge in [0.15, 0.2) is 0 Å². The number of hydrogen-bond acceptors (Lipinski definition) is 3. The summed E-state index contributed by atoms with van der Waals surface area (Å²) in [6, 6.07) is 5.99. The minimum Gasteiger partial charge on any atom is -0.457 e. The first-order valence-electron chi connectivity index (χ1n) is 4.87. The van der Waals surface area contributed by atoms with Gasteiger partial charge in [0.1, 0.15) is 17.3 Å². The molecule has 0 radical (unpaired) electrons. The number of ether oxygens (including phenoxy) is 1. The number of halogens is 2. The summed E-state index contributed by atoms with van der Waals surface area (Å²) in [5, 5.41) is 9.11. The van der Waals surface area contributed by atoms with Crippen LogP contribution in [-0.4, -0.2) is 10.1 Å². The summed E-state index contributed by atoms with van der Waals surface area (Å²) in [4.78, 5) is 3.88. The maximum Gasteiger partial charge on any atom is 0.137 e. The topological polar surface area (TPSA) is 42.4 Å². The molecule has 1 N–H and O–H groups in total. The zero-order valence-electron chi connectivity index (χ0n) is 8.73. The van der Waals surface area contributed by atoms with Crippen molar-refractivity contribution in [3.8, 4) is 11.5 Å². The van der Waals surface area contributed by atoms with Gasteiger partial charge < -0.3 is 9.84 Å². The molecule has 1 heterocycles. The molecule has 0 aliphatic heterocycles. The van der Waals surface area contributed by atoms with E-state index in [1.54, 1.807) is 12.3 Å². The predicted octanol–water partition coefficient (Wildman–Crippen LogP) is 3.27. The number of aliphatic hydroxyl groups excluding tert-OH is 1. The summed E-state index contributed by atoms with van der Waals surface area (Å²) < 4.78 is 18.9. The van der Waals surface area contributed by atoms with E-state index >= 15 is 0 Å². The maximum absolute atomic E-state index is 13.0. The van der Waals surface area contributed by atoms with Crippen LogP contribution < -0.4 is 4.74 Å². The Bertz CT molecular complexity index is 534. The predicted molar refractivity (Wildman–Crippen MR) is 64.3 cm³/mol. The van der Waals surface area contributed by atoms with E-state index in [9.17, 15) is 4.39 Å². The van der Waals surface area contributed by atoms with Gasteiger partial charge in [0, 0.05) is 18.0 Å². The van der Waals surface area contributed by atoms with Gasteiger partial charge in [-0.15, -0.1) is 0 Å². The van der Waals surface area contributed by atoms with Crippen LogP contribution in [0.15, 0.2) is 41.1 Å². The summed E-state index contributed by atoms with van der Waals surface area (Å²) in [7, 11) is 0. The largest absolute Gasteiger partial charge is 0.457 e. The van der Waals surface area contributed by atoms with Crippen LogP contribution in [0.25, 0.3) is 0 Å². The maximum atomic E-state index is 13.0. The van der Waals surface area contributed by atoms with Crippen molar-refractivity contribution >= 4 is 15.9 Å². The number of benzene rings is 1.